The molecule has 7 nitrogen and oxygen atoms in total. The second-order valence-corrected chi connectivity index (χ2v) is 6.43. The lowest BCUT2D eigenvalue weighted by Crippen LogP contribution is -2.47. The summed E-state index contributed by atoms with van der Waals surface area (Å²) < 4.78 is 0.913. The molecule has 2 amide bonds. The number of aliphatic carboxylic acids is 1. The molecule has 3 N–H and O–H groups in total. The Morgan fingerprint density at radius 1 is 1.33 bits per heavy atom. The minimum atomic E-state index is -1.23. The van der Waals surface area contributed by atoms with Crippen LogP contribution in [0.15, 0.2) is 40.1 Å². The lowest BCUT2D eigenvalue weighted by Gasteiger charge is -2.34. The maximum absolute atomic E-state index is 12.6. The number of carboxylic acid groups (broad SMARTS) is 1. The van der Waals surface area contributed by atoms with Gasteiger partial charge in [-0.25, -0.2) is 0 Å². The molecule has 0 fully saturated rings. The number of nitrogens with one attached hydrogen (secondary N) is 1. The number of carbonyl (C=O) groups is 3. The van der Waals surface area contributed by atoms with Crippen molar-refractivity contribution in [2.75, 3.05) is 6.54 Å². The van der Waals surface area contributed by atoms with Crippen molar-refractivity contribution in [3.63, 3.8) is 0 Å². The highest BCUT2D eigenvalue weighted by Crippen LogP contribution is 2.25. The quantitative estimate of drug-likeness (QED) is 0.655. The van der Waals surface area contributed by atoms with Crippen LogP contribution in [0.25, 0.3) is 0 Å². The minimum Gasteiger partial charge on any atom is -0.511 e. The first-order valence-electron chi connectivity index (χ1n) is 7.27. The van der Waals surface area contributed by atoms with E-state index in [9.17, 15) is 19.5 Å². The summed E-state index contributed by atoms with van der Waals surface area (Å²) in [5.41, 5.74) is 0.483. The summed E-state index contributed by atoms with van der Waals surface area (Å²) in [6, 6.07) is 7.13. The van der Waals surface area contributed by atoms with Crippen LogP contribution < -0.4 is 5.32 Å². The van der Waals surface area contributed by atoms with Crippen LogP contribution in [-0.2, 0) is 20.9 Å². The van der Waals surface area contributed by atoms with Crippen LogP contribution in [0.3, 0.4) is 0 Å². The first-order valence-corrected chi connectivity index (χ1v) is 8.06. The SMILES string of the molecule is CC1CC(O)=C(C(=O)NCC(=O)O)C(=O)N1Cc1ccc(Br)cc1. The summed E-state index contributed by atoms with van der Waals surface area (Å²) in [6.45, 7) is 1.44. The number of nitrogens with zero attached hydrogens (tertiary/aromatic N) is 1. The van der Waals surface area contributed by atoms with Gasteiger partial charge in [-0.15, -0.1) is 0 Å². The third-order valence-electron chi connectivity index (χ3n) is 3.68. The van der Waals surface area contributed by atoms with E-state index in [2.05, 4.69) is 21.2 Å². The summed E-state index contributed by atoms with van der Waals surface area (Å²) in [7, 11) is 0. The number of hydrogen-bond donors (Lipinski definition) is 3. The molecule has 0 radical (unpaired) electrons. The van der Waals surface area contributed by atoms with Gasteiger partial charge in [0, 0.05) is 23.5 Å². The van der Waals surface area contributed by atoms with Gasteiger partial charge in [-0.05, 0) is 24.6 Å². The maximum Gasteiger partial charge on any atom is 0.322 e. The monoisotopic (exact) mass is 396 g/mol. The van der Waals surface area contributed by atoms with Crippen molar-refractivity contribution in [3.05, 3.63) is 45.6 Å². The Balaban J connectivity index is 2.19. The lowest BCUT2D eigenvalue weighted by atomic mass is 9.99. The van der Waals surface area contributed by atoms with E-state index in [1.165, 1.54) is 4.90 Å². The van der Waals surface area contributed by atoms with Crippen molar-refractivity contribution in [2.45, 2.75) is 25.9 Å². The molecule has 1 unspecified atom stereocenters. The van der Waals surface area contributed by atoms with E-state index in [1.54, 1.807) is 6.92 Å². The lowest BCUT2D eigenvalue weighted by molar-refractivity contribution is -0.139. The number of rotatable bonds is 5. The van der Waals surface area contributed by atoms with Gasteiger partial charge < -0.3 is 20.4 Å². The van der Waals surface area contributed by atoms with Gasteiger partial charge in [0.05, 0.1) is 0 Å². The number of benzene rings is 1. The fraction of sp³-hybridized carbons (Fsp3) is 0.312. The fourth-order valence-electron chi connectivity index (χ4n) is 2.45. The number of aliphatic hydroxyl groups is 1. The van der Waals surface area contributed by atoms with Crippen LogP contribution in [-0.4, -0.2) is 45.5 Å². The minimum absolute atomic E-state index is 0.137. The van der Waals surface area contributed by atoms with Gasteiger partial charge in [0.25, 0.3) is 11.8 Å². The highest BCUT2D eigenvalue weighted by Gasteiger charge is 2.35. The summed E-state index contributed by atoms with van der Waals surface area (Å²) in [6.07, 6.45) is 0.137. The van der Waals surface area contributed by atoms with Crippen molar-refractivity contribution >= 4 is 33.7 Å². The summed E-state index contributed by atoms with van der Waals surface area (Å²) in [4.78, 5) is 36.6. The molecule has 0 saturated heterocycles. The third kappa shape index (κ3) is 4.14. The zero-order chi connectivity index (χ0) is 17.9. The smallest absolute Gasteiger partial charge is 0.322 e. The number of carboxylic acids is 1. The first-order chi connectivity index (χ1) is 11.3. The molecule has 24 heavy (non-hydrogen) atoms. The molecule has 1 aromatic rings. The van der Waals surface area contributed by atoms with Gasteiger partial charge in [0.2, 0.25) is 0 Å². The molecule has 0 spiro atoms. The average Bonchev–Trinajstić information content (AvgIpc) is 2.51. The van der Waals surface area contributed by atoms with E-state index in [4.69, 9.17) is 5.11 Å². The van der Waals surface area contributed by atoms with E-state index in [0.29, 0.717) is 0 Å². The van der Waals surface area contributed by atoms with Crippen molar-refractivity contribution in [1.29, 1.82) is 0 Å². The van der Waals surface area contributed by atoms with Crippen LogP contribution in [0.4, 0.5) is 0 Å². The molecule has 1 atom stereocenters. The molecule has 0 aromatic heterocycles. The Kier molecular flexibility index (Phi) is 5.61. The van der Waals surface area contributed by atoms with Crippen molar-refractivity contribution in [1.82, 2.24) is 10.2 Å². The Hall–Kier alpha value is -2.35. The van der Waals surface area contributed by atoms with E-state index in [1.807, 2.05) is 24.3 Å². The number of amides is 2. The Labute approximate surface area is 147 Å². The molecule has 1 heterocycles. The predicted molar refractivity (Wildman–Crippen MR) is 89.1 cm³/mol. The van der Waals surface area contributed by atoms with E-state index in [0.717, 1.165) is 10.0 Å². The highest BCUT2D eigenvalue weighted by molar-refractivity contribution is 9.10. The third-order valence-corrected chi connectivity index (χ3v) is 4.21. The van der Waals surface area contributed by atoms with Gasteiger partial charge >= 0.3 is 5.97 Å². The highest BCUT2D eigenvalue weighted by atomic mass is 79.9. The molecule has 0 aliphatic carbocycles. The summed E-state index contributed by atoms with van der Waals surface area (Å²) in [5, 5.41) is 20.7. The molecule has 0 saturated carbocycles. The molecule has 8 heteroatoms. The number of aliphatic hydroxyl groups excluding tert-OH is 1. The average molecular weight is 397 g/mol. The number of carbonyl (C=O) groups excluding carboxylic acids is 2. The zero-order valence-electron chi connectivity index (χ0n) is 13.0. The maximum atomic E-state index is 12.6. The Bertz CT molecular complexity index is 699. The van der Waals surface area contributed by atoms with E-state index < -0.39 is 29.9 Å². The van der Waals surface area contributed by atoms with Crippen LogP contribution in [0.1, 0.15) is 18.9 Å². The number of hydrogen-bond acceptors (Lipinski definition) is 4. The largest absolute Gasteiger partial charge is 0.511 e. The molecule has 1 aliphatic rings. The second-order valence-electron chi connectivity index (χ2n) is 5.51. The molecule has 1 aromatic carbocycles. The van der Waals surface area contributed by atoms with Crippen LogP contribution in [0.5, 0.6) is 0 Å². The Morgan fingerprint density at radius 2 is 1.96 bits per heavy atom. The van der Waals surface area contributed by atoms with Gasteiger partial charge in [-0.3, -0.25) is 14.4 Å². The second kappa shape index (κ2) is 7.48. The fourth-order valence-corrected chi connectivity index (χ4v) is 2.71. The molecule has 128 valence electrons. The van der Waals surface area contributed by atoms with Gasteiger partial charge in [-0.2, -0.15) is 0 Å². The normalized spacial score (nSPS) is 17.8. The van der Waals surface area contributed by atoms with Gasteiger partial charge in [-0.1, -0.05) is 28.1 Å². The molecule has 0 bridgehead atoms. The van der Waals surface area contributed by atoms with Crippen LogP contribution >= 0.6 is 15.9 Å². The van der Waals surface area contributed by atoms with Crippen LogP contribution in [0, 0.1) is 0 Å². The molecule has 2 rings (SSSR count). The van der Waals surface area contributed by atoms with Crippen molar-refractivity contribution < 1.29 is 24.6 Å². The first kappa shape index (κ1) is 18.0. The van der Waals surface area contributed by atoms with Gasteiger partial charge in [0.15, 0.2) is 0 Å². The molecule has 1 aliphatic heterocycles. The number of halogens is 1. The summed E-state index contributed by atoms with van der Waals surface area (Å²) >= 11 is 3.34. The topological polar surface area (TPSA) is 107 Å². The Morgan fingerprint density at radius 3 is 2.54 bits per heavy atom. The van der Waals surface area contributed by atoms with Gasteiger partial charge in [0.1, 0.15) is 17.9 Å². The van der Waals surface area contributed by atoms with E-state index >= 15 is 0 Å². The molecular formula is C16H17BrN2O5. The van der Waals surface area contributed by atoms with Crippen LogP contribution in [0.2, 0.25) is 0 Å². The standard InChI is InChI=1S/C16H17BrN2O5/c1-9-6-12(20)14(15(23)18-7-13(21)22)16(24)19(9)8-10-2-4-11(17)5-3-10/h2-5,9,20H,6-8H2,1H3,(H,18,23)(H,21,22). The van der Waals surface area contributed by atoms with Crippen molar-refractivity contribution in [2.24, 2.45) is 0 Å². The zero-order valence-corrected chi connectivity index (χ0v) is 14.5. The summed E-state index contributed by atoms with van der Waals surface area (Å²) in [5.74, 6) is -3.04. The van der Waals surface area contributed by atoms with E-state index in [-0.39, 0.29) is 24.8 Å². The van der Waals surface area contributed by atoms with Crippen molar-refractivity contribution in [3.8, 4) is 0 Å². The molecular weight excluding hydrogens is 380 g/mol. The predicted octanol–water partition coefficient (Wildman–Crippen LogP) is 1.58.